The number of halogens is 3. The third-order valence-corrected chi connectivity index (χ3v) is 4.05. The molecule has 1 aromatic heterocycles. The number of aromatic nitrogens is 1. The summed E-state index contributed by atoms with van der Waals surface area (Å²) >= 11 is 0. The summed E-state index contributed by atoms with van der Waals surface area (Å²) in [5, 5.41) is 1.05. The number of hydrogen-bond acceptors (Lipinski definition) is 5. The van der Waals surface area contributed by atoms with Crippen molar-refractivity contribution in [1.82, 2.24) is 4.98 Å². The lowest BCUT2D eigenvalue weighted by Gasteiger charge is -2.18. The second-order valence-corrected chi connectivity index (χ2v) is 5.83. The van der Waals surface area contributed by atoms with Gasteiger partial charge in [0.1, 0.15) is 5.75 Å². The molecular weight excluding hydrogens is 361 g/mol. The minimum absolute atomic E-state index is 0.0179. The Hall–Kier alpha value is -3.16. The summed E-state index contributed by atoms with van der Waals surface area (Å²) < 4.78 is 55.4. The fourth-order valence-corrected chi connectivity index (χ4v) is 2.81. The van der Waals surface area contributed by atoms with Crippen molar-refractivity contribution in [3.05, 3.63) is 47.7 Å². The summed E-state index contributed by atoms with van der Waals surface area (Å²) in [4.78, 5) is 4.19. The Bertz CT molecular complexity index is 1000. The number of hydrogen-bond donors (Lipinski definition) is 1. The molecule has 0 aliphatic heterocycles. The average Bonchev–Trinajstić information content (AvgIpc) is 2.63. The lowest BCUT2D eigenvalue weighted by Crippen LogP contribution is -2.05. The molecule has 5 nitrogen and oxygen atoms in total. The molecule has 0 radical (unpaired) electrons. The first kappa shape index (κ1) is 18.6. The monoisotopic (exact) mass is 378 g/mol. The van der Waals surface area contributed by atoms with Gasteiger partial charge in [-0.05, 0) is 30.7 Å². The van der Waals surface area contributed by atoms with Crippen molar-refractivity contribution < 1.29 is 27.4 Å². The molecule has 0 bridgehead atoms. The minimum Gasteiger partial charge on any atom is -0.493 e. The molecule has 0 aliphatic rings. The van der Waals surface area contributed by atoms with Gasteiger partial charge in [-0.2, -0.15) is 13.2 Å². The van der Waals surface area contributed by atoms with Gasteiger partial charge in [-0.15, -0.1) is 0 Å². The summed E-state index contributed by atoms with van der Waals surface area (Å²) in [7, 11) is 2.88. The zero-order chi connectivity index (χ0) is 19.8. The fourth-order valence-electron chi connectivity index (χ4n) is 2.81. The van der Waals surface area contributed by atoms with Gasteiger partial charge in [-0.25, -0.2) is 4.98 Å². The highest BCUT2D eigenvalue weighted by atomic mass is 19.4. The van der Waals surface area contributed by atoms with Crippen molar-refractivity contribution in [3.8, 4) is 23.1 Å². The fraction of sp³-hybridized carbons (Fsp3) is 0.211. The van der Waals surface area contributed by atoms with E-state index in [1.165, 1.54) is 32.4 Å². The van der Waals surface area contributed by atoms with E-state index in [9.17, 15) is 13.2 Å². The first-order valence-corrected chi connectivity index (χ1v) is 7.91. The largest absolute Gasteiger partial charge is 0.493 e. The number of alkyl halides is 3. The van der Waals surface area contributed by atoms with Gasteiger partial charge < -0.3 is 19.9 Å². The summed E-state index contributed by atoms with van der Waals surface area (Å²) in [5.74, 6) is 0.821. The van der Waals surface area contributed by atoms with Crippen molar-refractivity contribution in [2.24, 2.45) is 0 Å². The van der Waals surface area contributed by atoms with Gasteiger partial charge in [0.05, 0.1) is 25.2 Å². The predicted molar refractivity (Wildman–Crippen MR) is 95.5 cm³/mol. The molecule has 3 aromatic rings. The van der Waals surface area contributed by atoms with Crippen LogP contribution >= 0.6 is 0 Å². The molecule has 0 aliphatic carbocycles. The Morgan fingerprint density at radius 2 is 1.78 bits per heavy atom. The van der Waals surface area contributed by atoms with Crippen molar-refractivity contribution in [2.75, 3.05) is 20.0 Å². The number of ether oxygens (including phenoxy) is 3. The first-order valence-electron chi connectivity index (χ1n) is 7.91. The van der Waals surface area contributed by atoms with Gasteiger partial charge in [0.15, 0.2) is 11.5 Å². The lowest BCUT2D eigenvalue weighted by atomic mass is 10.0. The summed E-state index contributed by atoms with van der Waals surface area (Å²) in [6.07, 6.45) is -2.91. The average molecular weight is 378 g/mol. The topological polar surface area (TPSA) is 66.6 Å². The molecule has 2 N–H and O–H groups in total. The second kappa shape index (κ2) is 6.86. The van der Waals surface area contributed by atoms with Gasteiger partial charge in [0.25, 0.3) is 0 Å². The molecule has 0 atom stereocenters. The zero-order valence-corrected chi connectivity index (χ0v) is 14.8. The standard InChI is InChI=1S/C19H17F3N2O3/c1-10-9-24-18(26-3)16-13(23)8-14(25-2)17(15(10)16)27-12-6-4-5-11(7-12)19(20,21)22/h4-9H,23H2,1-3H3. The Kier molecular flexibility index (Phi) is 4.73. The van der Waals surface area contributed by atoms with E-state index in [-0.39, 0.29) is 23.1 Å². The number of aryl methyl sites for hydroxylation is 1. The van der Waals surface area contributed by atoms with Crippen LogP contribution in [0.1, 0.15) is 11.1 Å². The van der Waals surface area contributed by atoms with Gasteiger partial charge in [-0.1, -0.05) is 6.07 Å². The second-order valence-electron chi connectivity index (χ2n) is 5.83. The maximum Gasteiger partial charge on any atom is 0.416 e. The predicted octanol–water partition coefficient (Wildman–Crippen LogP) is 4.95. The number of fused-ring (bicyclic) bond motifs is 1. The maximum absolute atomic E-state index is 13.0. The van der Waals surface area contributed by atoms with E-state index < -0.39 is 11.7 Å². The van der Waals surface area contributed by atoms with Crippen molar-refractivity contribution in [3.63, 3.8) is 0 Å². The van der Waals surface area contributed by atoms with E-state index in [0.29, 0.717) is 22.0 Å². The molecule has 0 spiro atoms. The molecule has 0 unspecified atom stereocenters. The maximum atomic E-state index is 13.0. The summed E-state index contributed by atoms with van der Waals surface area (Å²) in [5.41, 5.74) is 6.37. The molecule has 27 heavy (non-hydrogen) atoms. The van der Waals surface area contributed by atoms with Crippen LogP contribution in [0.5, 0.6) is 23.1 Å². The Morgan fingerprint density at radius 3 is 2.41 bits per heavy atom. The molecule has 142 valence electrons. The van der Waals surface area contributed by atoms with Crippen molar-refractivity contribution >= 4 is 16.5 Å². The highest BCUT2D eigenvalue weighted by Gasteiger charge is 2.31. The summed E-state index contributed by atoms with van der Waals surface area (Å²) in [6, 6.07) is 6.14. The SMILES string of the molecule is COc1cc(N)c2c(OC)ncc(C)c2c1Oc1cccc(C(F)(F)F)c1. The van der Waals surface area contributed by atoms with Gasteiger partial charge in [-0.3, -0.25) is 0 Å². The van der Waals surface area contributed by atoms with Crippen LogP contribution in [0.15, 0.2) is 36.5 Å². The van der Waals surface area contributed by atoms with Crippen LogP contribution in [-0.4, -0.2) is 19.2 Å². The van der Waals surface area contributed by atoms with E-state index in [2.05, 4.69) is 4.98 Å². The number of benzene rings is 2. The van der Waals surface area contributed by atoms with Crippen LogP contribution in [0.2, 0.25) is 0 Å². The number of nitrogen functional groups attached to an aromatic ring is 1. The third kappa shape index (κ3) is 3.42. The molecule has 0 saturated carbocycles. The highest BCUT2D eigenvalue weighted by molar-refractivity contribution is 6.04. The van der Waals surface area contributed by atoms with Crippen LogP contribution < -0.4 is 19.9 Å². The van der Waals surface area contributed by atoms with E-state index in [4.69, 9.17) is 19.9 Å². The molecule has 0 fully saturated rings. The molecule has 0 saturated heterocycles. The Morgan fingerprint density at radius 1 is 1.04 bits per heavy atom. The molecular formula is C19H17F3N2O3. The normalized spacial score (nSPS) is 11.5. The lowest BCUT2D eigenvalue weighted by molar-refractivity contribution is -0.137. The number of nitrogens with zero attached hydrogens (tertiary/aromatic N) is 1. The van der Waals surface area contributed by atoms with Crippen LogP contribution in [-0.2, 0) is 6.18 Å². The molecule has 3 rings (SSSR count). The zero-order valence-electron chi connectivity index (χ0n) is 14.8. The summed E-state index contributed by atoms with van der Waals surface area (Å²) in [6.45, 7) is 1.78. The number of nitrogens with two attached hydrogens (primary N) is 1. The molecule has 0 amide bonds. The molecule has 2 aromatic carbocycles. The number of rotatable bonds is 4. The number of pyridine rings is 1. The van der Waals surface area contributed by atoms with E-state index in [0.717, 1.165) is 12.1 Å². The van der Waals surface area contributed by atoms with Gasteiger partial charge in [0, 0.05) is 23.3 Å². The molecule has 8 heteroatoms. The van der Waals surface area contributed by atoms with Crippen LogP contribution in [0.25, 0.3) is 10.8 Å². The van der Waals surface area contributed by atoms with E-state index in [1.54, 1.807) is 13.1 Å². The van der Waals surface area contributed by atoms with Crippen LogP contribution in [0, 0.1) is 6.92 Å². The van der Waals surface area contributed by atoms with Crippen LogP contribution in [0.4, 0.5) is 18.9 Å². The Balaban J connectivity index is 2.24. The van der Waals surface area contributed by atoms with E-state index >= 15 is 0 Å². The van der Waals surface area contributed by atoms with E-state index in [1.807, 2.05) is 0 Å². The molecule has 1 heterocycles. The third-order valence-electron chi connectivity index (χ3n) is 4.05. The number of methoxy groups -OCH3 is 2. The van der Waals surface area contributed by atoms with Gasteiger partial charge >= 0.3 is 6.18 Å². The van der Waals surface area contributed by atoms with Crippen molar-refractivity contribution in [1.29, 1.82) is 0 Å². The van der Waals surface area contributed by atoms with Crippen LogP contribution in [0.3, 0.4) is 0 Å². The first-order chi connectivity index (χ1) is 12.8. The Labute approximate surface area is 153 Å². The van der Waals surface area contributed by atoms with Gasteiger partial charge in [0.2, 0.25) is 5.88 Å². The minimum atomic E-state index is -4.48. The number of anilines is 1. The van der Waals surface area contributed by atoms with Crippen molar-refractivity contribution in [2.45, 2.75) is 13.1 Å². The highest BCUT2D eigenvalue weighted by Crippen LogP contribution is 2.46. The smallest absolute Gasteiger partial charge is 0.416 e. The quantitative estimate of drug-likeness (QED) is 0.651.